The van der Waals surface area contributed by atoms with Gasteiger partial charge in [-0.25, -0.2) is 0 Å². The minimum Gasteiger partial charge on any atom is -0.320 e. The topological polar surface area (TPSA) is 22.0 Å². The van der Waals surface area contributed by atoms with Gasteiger partial charge in [-0.1, -0.05) is 18.2 Å². The zero-order chi connectivity index (χ0) is 11.7. The second kappa shape index (κ2) is 3.97. The van der Waals surface area contributed by atoms with Crippen molar-refractivity contribution in [3.05, 3.63) is 53.3 Å². The average molecular weight is 213 g/mol. The molecule has 0 amide bonds. The standard InChI is InChI=1S/C14H15NO/c1-10-9-15(11(2)14(10)12(3)16)13-7-5-4-6-8-13/h4-9H,1-3H3. The van der Waals surface area contributed by atoms with Crippen LogP contribution < -0.4 is 0 Å². The number of rotatable bonds is 2. The van der Waals surface area contributed by atoms with Gasteiger partial charge in [0.05, 0.1) is 0 Å². The molecule has 0 fully saturated rings. The van der Waals surface area contributed by atoms with Crippen LogP contribution in [0.15, 0.2) is 36.5 Å². The van der Waals surface area contributed by atoms with Crippen molar-refractivity contribution in [2.24, 2.45) is 0 Å². The lowest BCUT2D eigenvalue weighted by Crippen LogP contribution is -1.99. The van der Waals surface area contributed by atoms with Gasteiger partial charge in [-0.2, -0.15) is 0 Å². The SMILES string of the molecule is CC(=O)c1c(C)cn(-c2ccccc2)c1C. The zero-order valence-electron chi connectivity index (χ0n) is 9.82. The lowest BCUT2D eigenvalue weighted by atomic mass is 10.1. The van der Waals surface area contributed by atoms with Crippen molar-refractivity contribution in [1.29, 1.82) is 0 Å². The molecule has 0 unspecified atom stereocenters. The number of hydrogen-bond donors (Lipinski definition) is 0. The highest BCUT2D eigenvalue weighted by Crippen LogP contribution is 2.20. The Bertz CT molecular complexity index is 523. The van der Waals surface area contributed by atoms with Gasteiger partial charge in [0.15, 0.2) is 5.78 Å². The highest BCUT2D eigenvalue weighted by atomic mass is 16.1. The van der Waals surface area contributed by atoms with Crippen LogP contribution in [0.4, 0.5) is 0 Å². The zero-order valence-corrected chi connectivity index (χ0v) is 9.82. The highest BCUT2D eigenvalue weighted by molar-refractivity contribution is 5.97. The Morgan fingerprint density at radius 3 is 2.25 bits per heavy atom. The molecule has 2 rings (SSSR count). The van der Waals surface area contributed by atoms with Crippen LogP contribution in [0.5, 0.6) is 0 Å². The second-order valence-electron chi connectivity index (χ2n) is 4.03. The molecule has 2 nitrogen and oxygen atoms in total. The molecule has 0 spiro atoms. The maximum absolute atomic E-state index is 11.5. The molecule has 0 saturated carbocycles. The van der Waals surface area contributed by atoms with Crippen LogP contribution in [0.1, 0.15) is 28.5 Å². The van der Waals surface area contributed by atoms with E-state index in [0.29, 0.717) is 0 Å². The van der Waals surface area contributed by atoms with Gasteiger partial charge >= 0.3 is 0 Å². The summed E-state index contributed by atoms with van der Waals surface area (Å²) in [5.41, 5.74) is 3.98. The molecule has 16 heavy (non-hydrogen) atoms. The molecular formula is C14H15NO. The van der Waals surface area contributed by atoms with Crippen molar-refractivity contribution < 1.29 is 4.79 Å². The fourth-order valence-electron chi connectivity index (χ4n) is 2.15. The van der Waals surface area contributed by atoms with E-state index in [4.69, 9.17) is 0 Å². The van der Waals surface area contributed by atoms with E-state index in [1.54, 1.807) is 6.92 Å². The number of carbonyl (C=O) groups excluding carboxylic acids is 1. The molecule has 2 heteroatoms. The molecule has 1 aromatic carbocycles. The van der Waals surface area contributed by atoms with Crippen LogP contribution in [0.25, 0.3) is 5.69 Å². The van der Waals surface area contributed by atoms with Gasteiger partial charge in [0, 0.05) is 23.1 Å². The summed E-state index contributed by atoms with van der Waals surface area (Å²) in [6.07, 6.45) is 2.02. The third-order valence-corrected chi connectivity index (χ3v) is 2.83. The summed E-state index contributed by atoms with van der Waals surface area (Å²) in [4.78, 5) is 11.5. The Hall–Kier alpha value is -1.83. The largest absolute Gasteiger partial charge is 0.320 e. The highest BCUT2D eigenvalue weighted by Gasteiger charge is 2.13. The molecular weight excluding hydrogens is 198 g/mol. The molecule has 0 aliphatic carbocycles. The van der Waals surface area contributed by atoms with E-state index in [1.807, 2.05) is 50.4 Å². The van der Waals surface area contributed by atoms with E-state index in [-0.39, 0.29) is 5.78 Å². The molecule has 1 aromatic heterocycles. The van der Waals surface area contributed by atoms with Crippen molar-refractivity contribution in [3.8, 4) is 5.69 Å². The van der Waals surface area contributed by atoms with Crippen molar-refractivity contribution in [3.63, 3.8) is 0 Å². The molecule has 0 N–H and O–H groups in total. The van der Waals surface area contributed by atoms with Crippen LogP contribution in [0.2, 0.25) is 0 Å². The van der Waals surface area contributed by atoms with Crippen LogP contribution in [-0.2, 0) is 0 Å². The summed E-state index contributed by atoms with van der Waals surface area (Å²) in [7, 11) is 0. The molecule has 0 saturated heterocycles. The fourth-order valence-corrected chi connectivity index (χ4v) is 2.15. The van der Waals surface area contributed by atoms with Gasteiger partial charge in [-0.3, -0.25) is 4.79 Å². The first-order valence-electron chi connectivity index (χ1n) is 5.36. The number of para-hydroxylation sites is 1. The summed E-state index contributed by atoms with van der Waals surface area (Å²) < 4.78 is 2.06. The number of nitrogens with zero attached hydrogens (tertiary/aromatic N) is 1. The maximum atomic E-state index is 11.5. The maximum Gasteiger partial charge on any atom is 0.161 e. The summed E-state index contributed by atoms with van der Waals surface area (Å²) in [5, 5.41) is 0. The molecule has 2 aromatic rings. The van der Waals surface area contributed by atoms with Crippen LogP contribution in [-0.4, -0.2) is 10.4 Å². The predicted molar refractivity (Wildman–Crippen MR) is 65.2 cm³/mol. The van der Waals surface area contributed by atoms with Crippen molar-refractivity contribution >= 4 is 5.78 Å². The third kappa shape index (κ3) is 1.67. The summed E-state index contributed by atoms with van der Waals surface area (Å²) >= 11 is 0. The van der Waals surface area contributed by atoms with Gasteiger partial charge in [0.2, 0.25) is 0 Å². The summed E-state index contributed by atoms with van der Waals surface area (Å²) in [6.45, 7) is 5.57. The lowest BCUT2D eigenvalue weighted by Gasteiger charge is -2.06. The predicted octanol–water partition coefficient (Wildman–Crippen LogP) is 3.30. The Morgan fingerprint density at radius 2 is 1.75 bits per heavy atom. The third-order valence-electron chi connectivity index (χ3n) is 2.83. The van der Waals surface area contributed by atoms with Gasteiger partial charge in [-0.15, -0.1) is 0 Å². The molecule has 0 radical (unpaired) electrons. The lowest BCUT2D eigenvalue weighted by molar-refractivity contribution is 0.101. The summed E-state index contributed by atoms with van der Waals surface area (Å²) in [5.74, 6) is 0.129. The Labute approximate surface area is 95.5 Å². The van der Waals surface area contributed by atoms with E-state index in [9.17, 15) is 4.79 Å². The van der Waals surface area contributed by atoms with E-state index in [1.165, 1.54) is 0 Å². The number of carbonyl (C=O) groups is 1. The van der Waals surface area contributed by atoms with Crippen molar-refractivity contribution in [2.45, 2.75) is 20.8 Å². The van der Waals surface area contributed by atoms with E-state index < -0.39 is 0 Å². The van der Waals surface area contributed by atoms with Crippen LogP contribution in [0, 0.1) is 13.8 Å². The Morgan fingerprint density at radius 1 is 1.12 bits per heavy atom. The minimum atomic E-state index is 0.129. The number of Topliss-reactive ketones (excluding diaryl/α,β-unsaturated/α-hetero) is 1. The summed E-state index contributed by atoms with van der Waals surface area (Å²) in [6, 6.07) is 10.1. The number of hydrogen-bond acceptors (Lipinski definition) is 1. The van der Waals surface area contributed by atoms with E-state index in [2.05, 4.69) is 4.57 Å². The van der Waals surface area contributed by atoms with Crippen LogP contribution in [0.3, 0.4) is 0 Å². The average Bonchev–Trinajstić information content (AvgIpc) is 2.55. The first kappa shape index (κ1) is 10.7. The number of ketones is 1. The van der Waals surface area contributed by atoms with Gasteiger partial charge in [0.1, 0.15) is 0 Å². The molecule has 0 bridgehead atoms. The molecule has 0 atom stereocenters. The minimum absolute atomic E-state index is 0.129. The smallest absolute Gasteiger partial charge is 0.161 e. The van der Waals surface area contributed by atoms with Gasteiger partial charge in [0.25, 0.3) is 0 Å². The Balaban J connectivity index is 2.61. The first-order valence-corrected chi connectivity index (χ1v) is 5.36. The molecule has 0 aliphatic heterocycles. The Kier molecular flexibility index (Phi) is 2.65. The van der Waals surface area contributed by atoms with Gasteiger partial charge < -0.3 is 4.57 Å². The monoisotopic (exact) mass is 213 g/mol. The molecule has 82 valence electrons. The van der Waals surface area contributed by atoms with Crippen molar-refractivity contribution in [1.82, 2.24) is 4.57 Å². The quantitative estimate of drug-likeness (QED) is 0.701. The molecule has 0 aliphatic rings. The number of aryl methyl sites for hydroxylation is 1. The van der Waals surface area contributed by atoms with Crippen molar-refractivity contribution in [2.75, 3.05) is 0 Å². The van der Waals surface area contributed by atoms with Crippen LogP contribution >= 0.6 is 0 Å². The van der Waals surface area contributed by atoms with E-state index >= 15 is 0 Å². The number of benzene rings is 1. The second-order valence-corrected chi connectivity index (χ2v) is 4.03. The normalized spacial score (nSPS) is 10.4. The first-order chi connectivity index (χ1) is 7.61. The fraction of sp³-hybridized carbons (Fsp3) is 0.214. The van der Waals surface area contributed by atoms with Gasteiger partial charge in [-0.05, 0) is 38.5 Å². The molecule has 1 heterocycles. The number of aromatic nitrogens is 1. The van der Waals surface area contributed by atoms with E-state index in [0.717, 1.165) is 22.5 Å².